The summed E-state index contributed by atoms with van der Waals surface area (Å²) in [6.07, 6.45) is 0. The van der Waals surface area contributed by atoms with E-state index >= 15 is 0 Å². The fourth-order valence-corrected chi connectivity index (χ4v) is 1.64. The van der Waals surface area contributed by atoms with Gasteiger partial charge in [-0.2, -0.15) is 0 Å². The van der Waals surface area contributed by atoms with Gasteiger partial charge in [0.2, 0.25) is 0 Å². The van der Waals surface area contributed by atoms with Crippen LogP contribution < -0.4 is 5.32 Å². The van der Waals surface area contributed by atoms with Crippen molar-refractivity contribution in [1.29, 1.82) is 0 Å². The lowest BCUT2D eigenvalue weighted by molar-refractivity contribution is 0.102. The van der Waals surface area contributed by atoms with Crippen molar-refractivity contribution in [2.75, 3.05) is 5.32 Å². The van der Waals surface area contributed by atoms with Gasteiger partial charge in [-0.25, -0.2) is 4.98 Å². The van der Waals surface area contributed by atoms with Crippen LogP contribution in [-0.2, 0) is 0 Å². The van der Waals surface area contributed by atoms with Crippen molar-refractivity contribution in [2.45, 2.75) is 13.8 Å². The van der Waals surface area contributed by atoms with Crippen molar-refractivity contribution < 1.29 is 9.90 Å². The number of phenolic OH excluding ortho intramolecular Hbond substituents is 1. The number of hydrogen-bond donors (Lipinski definition) is 2. The van der Waals surface area contributed by atoms with Crippen molar-refractivity contribution in [1.82, 2.24) is 4.98 Å². The molecule has 0 spiro atoms. The number of carbonyl (C=O) groups is 1. The van der Waals surface area contributed by atoms with Gasteiger partial charge >= 0.3 is 0 Å². The van der Waals surface area contributed by atoms with Gasteiger partial charge in [0.1, 0.15) is 11.6 Å². The Morgan fingerprint density at radius 1 is 1.17 bits per heavy atom. The Hall–Kier alpha value is -2.36. The first-order valence-corrected chi connectivity index (χ1v) is 5.61. The summed E-state index contributed by atoms with van der Waals surface area (Å²) in [4.78, 5) is 16.2. The molecule has 2 rings (SSSR count). The number of aromatic hydroxyl groups is 1. The summed E-state index contributed by atoms with van der Waals surface area (Å²) in [6, 6.07) is 10.4. The van der Waals surface area contributed by atoms with Gasteiger partial charge in [-0.3, -0.25) is 4.79 Å². The zero-order valence-electron chi connectivity index (χ0n) is 10.3. The predicted molar refractivity (Wildman–Crippen MR) is 69.8 cm³/mol. The van der Waals surface area contributed by atoms with Crippen molar-refractivity contribution in [3.05, 3.63) is 53.2 Å². The number of aryl methyl sites for hydroxylation is 2. The summed E-state index contributed by atoms with van der Waals surface area (Å²) < 4.78 is 0. The number of carbonyl (C=O) groups excluding carboxylic acids is 1. The molecule has 1 aromatic carbocycles. The highest BCUT2D eigenvalue weighted by atomic mass is 16.3. The summed E-state index contributed by atoms with van der Waals surface area (Å²) in [5.41, 5.74) is 1.74. The Kier molecular flexibility index (Phi) is 3.28. The number of rotatable bonds is 2. The van der Waals surface area contributed by atoms with E-state index in [1.54, 1.807) is 31.2 Å². The lowest BCUT2D eigenvalue weighted by Gasteiger charge is -2.08. The summed E-state index contributed by atoms with van der Waals surface area (Å²) in [7, 11) is 0. The largest absolute Gasteiger partial charge is 0.507 e. The molecule has 1 aromatic heterocycles. The Bertz CT molecular complexity index is 594. The highest BCUT2D eigenvalue weighted by molar-refractivity contribution is 6.05. The minimum atomic E-state index is -0.366. The monoisotopic (exact) mass is 242 g/mol. The van der Waals surface area contributed by atoms with Crippen molar-refractivity contribution in [3.8, 4) is 5.75 Å². The van der Waals surface area contributed by atoms with E-state index in [1.165, 1.54) is 0 Å². The molecule has 1 heterocycles. The number of benzene rings is 1. The molecule has 2 aromatic rings. The summed E-state index contributed by atoms with van der Waals surface area (Å²) in [5.74, 6) is 0.109. The molecule has 1 amide bonds. The summed E-state index contributed by atoms with van der Waals surface area (Å²) >= 11 is 0. The van der Waals surface area contributed by atoms with Crippen LogP contribution in [0.4, 0.5) is 5.82 Å². The quantitative estimate of drug-likeness (QED) is 0.851. The molecule has 0 aliphatic rings. The van der Waals surface area contributed by atoms with Crippen LogP contribution in [-0.4, -0.2) is 16.0 Å². The molecule has 92 valence electrons. The average Bonchev–Trinajstić information content (AvgIpc) is 2.32. The van der Waals surface area contributed by atoms with E-state index in [4.69, 9.17) is 0 Å². The van der Waals surface area contributed by atoms with Gasteiger partial charge in [-0.1, -0.05) is 18.2 Å². The highest BCUT2D eigenvalue weighted by Gasteiger charge is 2.12. The molecule has 0 saturated carbocycles. The Morgan fingerprint density at radius 2 is 1.89 bits per heavy atom. The zero-order chi connectivity index (χ0) is 13.1. The summed E-state index contributed by atoms with van der Waals surface area (Å²) in [5, 5.41) is 12.5. The molecule has 0 unspecified atom stereocenters. The molecule has 0 aliphatic carbocycles. The SMILES string of the molecule is Cc1cccc(NC(=O)c2cccc(C)c2O)n1. The molecule has 2 N–H and O–H groups in total. The molecule has 0 fully saturated rings. The molecular formula is C14H14N2O2. The maximum Gasteiger partial charge on any atom is 0.260 e. The minimum Gasteiger partial charge on any atom is -0.507 e. The average molecular weight is 242 g/mol. The van der Waals surface area contributed by atoms with Crippen LogP contribution in [0.3, 0.4) is 0 Å². The van der Waals surface area contributed by atoms with Crippen LogP contribution in [0.2, 0.25) is 0 Å². The van der Waals surface area contributed by atoms with E-state index in [1.807, 2.05) is 19.1 Å². The second-order valence-electron chi connectivity index (χ2n) is 4.09. The molecule has 18 heavy (non-hydrogen) atoms. The van der Waals surface area contributed by atoms with Gasteiger partial charge in [-0.05, 0) is 37.6 Å². The second kappa shape index (κ2) is 4.87. The number of amides is 1. The third kappa shape index (κ3) is 2.48. The maximum atomic E-state index is 12.0. The first-order valence-electron chi connectivity index (χ1n) is 5.61. The molecule has 4 nitrogen and oxygen atoms in total. The Labute approximate surface area is 105 Å². The molecule has 0 saturated heterocycles. The van der Waals surface area contributed by atoms with Crippen LogP contribution in [0, 0.1) is 13.8 Å². The van der Waals surface area contributed by atoms with Crippen LogP contribution in [0.5, 0.6) is 5.75 Å². The lowest BCUT2D eigenvalue weighted by atomic mass is 10.1. The predicted octanol–water partition coefficient (Wildman–Crippen LogP) is 2.66. The van der Waals surface area contributed by atoms with Crippen LogP contribution in [0.15, 0.2) is 36.4 Å². The molecular weight excluding hydrogens is 228 g/mol. The van der Waals surface area contributed by atoms with Crippen LogP contribution in [0.1, 0.15) is 21.6 Å². The topological polar surface area (TPSA) is 62.2 Å². The minimum absolute atomic E-state index is 0.00246. The van der Waals surface area contributed by atoms with E-state index in [0.29, 0.717) is 11.4 Å². The van der Waals surface area contributed by atoms with Gasteiger partial charge < -0.3 is 10.4 Å². The second-order valence-corrected chi connectivity index (χ2v) is 4.09. The van der Waals surface area contributed by atoms with Gasteiger partial charge in [-0.15, -0.1) is 0 Å². The number of aromatic nitrogens is 1. The molecule has 0 aliphatic heterocycles. The maximum absolute atomic E-state index is 12.0. The standard InChI is InChI=1S/C14H14N2O2/c1-9-5-3-7-11(13(9)17)14(18)16-12-8-4-6-10(2)15-12/h3-8,17H,1-2H3,(H,15,16,18). The van der Waals surface area contributed by atoms with Crippen LogP contribution in [0.25, 0.3) is 0 Å². The molecule has 0 radical (unpaired) electrons. The lowest BCUT2D eigenvalue weighted by Crippen LogP contribution is -2.13. The van der Waals surface area contributed by atoms with Crippen LogP contribution >= 0.6 is 0 Å². The number of phenols is 1. The van der Waals surface area contributed by atoms with Gasteiger partial charge in [0.15, 0.2) is 0 Å². The van der Waals surface area contributed by atoms with Gasteiger partial charge in [0.05, 0.1) is 5.56 Å². The number of nitrogens with zero attached hydrogens (tertiary/aromatic N) is 1. The fraction of sp³-hybridized carbons (Fsp3) is 0.143. The van der Waals surface area contributed by atoms with E-state index in [2.05, 4.69) is 10.3 Å². The Morgan fingerprint density at radius 3 is 2.61 bits per heavy atom. The third-order valence-corrected chi connectivity index (χ3v) is 2.61. The van der Waals surface area contributed by atoms with Crippen molar-refractivity contribution in [2.24, 2.45) is 0 Å². The number of nitrogens with one attached hydrogen (secondary N) is 1. The molecule has 0 bridgehead atoms. The molecule has 0 atom stereocenters. The first-order chi connectivity index (χ1) is 8.58. The van der Waals surface area contributed by atoms with E-state index in [0.717, 1.165) is 5.69 Å². The fourth-order valence-electron chi connectivity index (χ4n) is 1.64. The van der Waals surface area contributed by atoms with Gasteiger partial charge in [0, 0.05) is 5.69 Å². The summed E-state index contributed by atoms with van der Waals surface area (Å²) in [6.45, 7) is 3.59. The number of para-hydroxylation sites is 1. The van der Waals surface area contributed by atoms with E-state index in [-0.39, 0.29) is 17.2 Å². The number of pyridine rings is 1. The molecule has 4 heteroatoms. The normalized spacial score (nSPS) is 10.1. The van der Waals surface area contributed by atoms with E-state index < -0.39 is 0 Å². The van der Waals surface area contributed by atoms with E-state index in [9.17, 15) is 9.90 Å². The highest BCUT2D eigenvalue weighted by Crippen LogP contribution is 2.22. The number of anilines is 1. The van der Waals surface area contributed by atoms with Crippen molar-refractivity contribution in [3.63, 3.8) is 0 Å². The number of hydrogen-bond acceptors (Lipinski definition) is 3. The third-order valence-electron chi connectivity index (χ3n) is 2.61. The van der Waals surface area contributed by atoms with Crippen molar-refractivity contribution >= 4 is 11.7 Å². The Balaban J connectivity index is 2.25. The van der Waals surface area contributed by atoms with Gasteiger partial charge in [0.25, 0.3) is 5.91 Å². The zero-order valence-corrected chi connectivity index (χ0v) is 10.3. The first kappa shape index (κ1) is 12.1. The smallest absolute Gasteiger partial charge is 0.260 e.